The summed E-state index contributed by atoms with van der Waals surface area (Å²) in [6, 6.07) is 0. The van der Waals surface area contributed by atoms with E-state index in [0.29, 0.717) is 0 Å². The maximum absolute atomic E-state index is 5.68. The van der Waals surface area contributed by atoms with Gasteiger partial charge in [-0.15, -0.1) is 0 Å². The van der Waals surface area contributed by atoms with E-state index < -0.39 is 0 Å². The van der Waals surface area contributed by atoms with E-state index in [1.54, 1.807) is 0 Å². The van der Waals surface area contributed by atoms with Gasteiger partial charge in [-0.1, -0.05) is 39.0 Å². The highest BCUT2D eigenvalue weighted by Gasteiger charge is 2.38. The van der Waals surface area contributed by atoms with Crippen molar-refractivity contribution in [3.63, 3.8) is 0 Å². The molecule has 0 unspecified atom stereocenters. The third kappa shape index (κ3) is 1.71. The fourth-order valence-corrected chi connectivity index (χ4v) is 1.55. The number of hydrogen-bond donors (Lipinski definition) is 1. The highest BCUT2D eigenvalue weighted by Crippen LogP contribution is 2.49. The van der Waals surface area contributed by atoms with Crippen LogP contribution in [-0.2, 0) is 0 Å². The molecule has 0 radical (unpaired) electrons. The quantitative estimate of drug-likeness (QED) is 0.629. The topological polar surface area (TPSA) is 26.0 Å². The van der Waals surface area contributed by atoms with Crippen LogP contribution in [-0.4, -0.2) is 0 Å². The summed E-state index contributed by atoms with van der Waals surface area (Å²) in [5, 5.41) is 0. The van der Waals surface area contributed by atoms with E-state index in [9.17, 15) is 0 Å². The molecule has 2 N–H and O–H groups in total. The number of hydrogen-bond acceptors (Lipinski definition) is 1. The lowest BCUT2D eigenvalue weighted by atomic mass is 9.63. The number of rotatable bonds is 2. The predicted molar refractivity (Wildman–Crippen MR) is 57.9 cm³/mol. The monoisotopic (exact) mass is 169 g/mol. The Morgan fingerprint density at radius 1 is 1.33 bits per heavy atom. The second kappa shape index (κ2) is 4.34. The van der Waals surface area contributed by atoms with Crippen molar-refractivity contribution in [3.05, 3.63) is 24.4 Å². The molecule has 1 aliphatic rings. The summed E-state index contributed by atoms with van der Waals surface area (Å²) in [5.74, 6) is 0. The van der Waals surface area contributed by atoms with Crippen molar-refractivity contribution in [1.82, 2.24) is 0 Å². The van der Waals surface area contributed by atoms with E-state index in [1.165, 1.54) is 12.0 Å². The Bertz CT molecular complexity index is 165. The van der Waals surface area contributed by atoms with Gasteiger partial charge in [0.2, 0.25) is 0 Å². The van der Waals surface area contributed by atoms with Crippen LogP contribution in [0.3, 0.4) is 0 Å². The van der Waals surface area contributed by atoms with Crippen LogP contribution < -0.4 is 5.73 Å². The van der Waals surface area contributed by atoms with Crippen molar-refractivity contribution in [1.29, 1.82) is 0 Å². The molecule has 1 fully saturated rings. The highest BCUT2D eigenvalue weighted by atomic mass is 14.7. The number of allylic oxidation sites excluding steroid dienone is 1. The van der Waals surface area contributed by atoms with Crippen molar-refractivity contribution in [3.8, 4) is 0 Å². The molecule has 0 bridgehead atoms. The van der Waals surface area contributed by atoms with Crippen LogP contribution >= 0.6 is 0 Å². The molecule has 1 nitrogen and oxygen atoms in total. The zero-order chi connectivity index (χ0) is 9.78. The molecule has 0 amide bonds. The average Bonchev–Trinajstić information content (AvgIpc) is 1.87. The van der Waals surface area contributed by atoms with Gasteiger partial charge >= 0.3 is 0 Å². The van der Waals surface area contributed by atoms with Crippen LogP contribution in [0.2, 0.25) is 0 Å². The van der Waals surface area contributed by atoms with Crippen molar-refractivity contribution in [2.45, 2.75) is 40.0 Å². The molecule has 1 saturated carbocycles. The maximum atomic E-state index is 5.68. The summed E-state index contributed by atoms with van der Waals surface area (Å²) < 4.78 is 0. The molecule has 1 heteroatoms. The van der Waals surface area contributed by atoms with Gasteiger partial charge in [-0.05, 0) is 19.8 Å². The second-order valence-electron chi connectivity index (χ2n) is 3.24. The summed E-state index contributed by atoms with van der Waals surface area (Å²) in [6.45, 7) is 13.8. The van der Waals surface area contributed by atoms with Gasteiger partial charge in [0.25, 0.3) is 0 Å². The van der Waals surface area contributed by atoms with E-state index in [0.717, 1.165) is 18.5 Å². The van der Waals surface area contributed by atoms with E-state index in [2.05, 4.69) is 13.2 Å². The normalized spacial score (nSPS) is 18.2. The van der Waals surface area contributed by atoms with Crippen LogP contribution in [0.1, 0.15) is 41.5 Å². The van der Waals surface area contributed by atoms with Gasteiger partial charge in [-0.25, -0.2) is 0 Å². The summed E-state index contributed by atoms with van der Waals surface area (Å²) in [4.78, 5) is 0. The fraction of sp³-hybridized carbons (Fsp3) is 0.636. The smallest absolute Gasteiger partial charge is 0.0295 e. The molecule has 0 aromatic carbocycles. The van der Waals surface area contributed by atoms with Crippen LogP contribution in [0.4, 0.5) is 0 Å². The van der Waals surface area contributed by atoms with Gasteiger partial charge in [0.05, 0.1) is 0 Å². The Hall–Kier alpha value is -0.720. The summed E-state index contributed by atoms with van der Waals surface area (Å²) in [5.41, 5.74) is 7.76. The average molecular weight is 169 g/mol. The summed E-state index contributed by atoms with van der Waals surface area (Å²) in [7, 11) is 0. The van der Waals surface area contributed by atoms with Gasteiger partial charge in [0, 0.05) is 12.5 Å². The third-order valence-corrected chi connectivity index (χ3v) is 2.64. The molecule has 1 rings (SSSR count). The molecule has 0 spiro atoms. The minimum Gasteiger partial charge on any atom is -0.402 e. The molecule has 0 heterocycles. The lowest BCUT2D eigenvalue weighted by Crippen LogP contribution is -2.35. The molecule has 12 heavy (non-hydrogen) atoms. The molecule has 0 aromatic rings. The standard InChI is InChI=1S/C9H15N.C2H6.H2/c1-7(2)9(8(3)10)5-4-6-9;1-2;/h1,3-6,10H2,2H3;1-2H3;1H. The Morgan fingerprint density at radius 2 is 1.75 bits per heavy atom. The Labute approximate surface area is 77.8 Å². The largest absolute Gasteiger partial charge is 0.402 e. The van der Waals surface area contributed by atoms with Crippen LogP contribution in [0.5, 0.6) is 0 Å². The van der Waals surface area contributed by atoms with Gasteiger partial charge in [0.1, 0.15) is 0 Å². The Kier molecular flexibility index (Phi) is 4.08. The number of nitrogens with two attached hydrogens (primary N) is 1. The SMILES string of the molecule is C=C(C)C1(C(=C)N)CCC1.CC.[HH]. The van der Waals surface area contributed by atoms with Crippen LogP contribution in [0.25, 0.3) is 0 Å². The van der Waals surface area contributed by atoms with E-state index >= 15 is 0 Å². The minimum absolute atomic E-state index is 0. The predicted octanol–water partition coefficient (Wildman–Crippen LogP) is 3.48. The lowest BCUT2D eigenvalue weighted by Gasteiger charge is -2.42. The van der Waals surface area contributed by atoms with Crippen LogP contribution in [0.15, 0.2) is 24.4 Å². The zero-order valence-electron chi connectivity index (χ0n) is 8.61. The van der Waals surface area contributed by atoms with E-state index in [4.69, 9.17) is 5.73 Å². The summed E-state index contributed by atoms with van der Waals surface area (Å²) >= 11 is 0. The highest BCUT2D eigenvalue weighted by molar-refractivity contribution is 5.25. The van der Waals surface area contributed by atoms with Crippen molar-refractivity contribution < 1.29 is 1.43 Å². The molecule has 0 aromatic heterocycles. The van der Waals surface area contributed by atoms with E-state index in [-0.39, 0.29) is 6.84 Å². The first kappa shape index (κ1) is 11.3. The molecule has 0 atom stereocenters. The molecular formula is C11H23N. The van der Waals surface area contributed by atoms with Gasteiger partial charge in [-0.2, -0.15) is 0 Å². The minimum atomic E-state index is 0. The lowest BCUT2D eigenvalue weighted by molar-refractivity contribution is 0.237. The third-order valence-electron chi connectivity index (χ3n) is 2.64. The van der Waals surface area contributed by atoms with Crippen molar-refractivity contribution >= 4 is 0 Å². The van der Waals surface area contributed by atoms with Crippen molar-refractivity contribution in [2.75, 3.05) is 0 Å². The van der Waals surface area contributed by atoms with Gasteiger partial charge < -0.3 is 5.73 Å². The second-order valence-corrected chi connectivity index (χ2v) is 3.24. The first-order chi connectivity index (χ1) is 5.59. The van der Waals surface area contributed by atoms with E-state index in [1.807, 2.05) is 20.8 Å². The Balaban J connectivity index is 0. The first-order valence-corrected chi connectivity index (χ1v) is 4.70. The Morgan fingerprint density at radius 3 is 1.75 bits per heavy atom. The molecule has 1 aliphatic carbocycles. The maximum Gasteiger partial charge on any atom is 0.0295 e. The molecule has 72 valence electrons. The van der Waals surface area contributed by atoms with Gasteiger partial charge in [-0.3, -0.25) is 0 Å². The summed E-state index contributed by atoms with van der Waals surface area (Å²) in [6.07, 6.45) is 3.57. The molecular weight excluding hydrogens is 146 g/mol. The first-order valence-electron chi connectivity index (χ1n) is 4.70. The van der Waals surface area contributed by atoms with Crippen LogP contribution in [0, 0.1) is 5.41 Å². The zero-order valence-corrected chi connectivity index (χ0v) is 8.61. The fourth-order valence-electron chi connectivity index (χ4n) is 1.55. The van der Waals surface area contributed by atoms with Gasteiger partial charge in [0.15, 0.2) is 0 Å². The molecule has 0 aliphatic heterocycles. The molecule has 0 saturated heterocycles. The van der Waals surface area contributed by atoms with Crippen molar-refractivity contribution in [2.24, 2.45) is 11.1 Å².